The van der Waals surface area contributed by atoms with Crippen LogP contribution < -0.4 is 4.90 Å². The molecule has 3 rings (SSSR count). The normalized spacial score (nSPS) is 14.6. The maximum absolute atomic E-state index is 11.9. The van der Waals surface area contributed by atoms with Crippen LogP contribution in [-0.4, -0.2) is 18.7 Å². The van der Waals surface area contributed by atoms with Gasteiger partial charge in [-0.1, -0.05) is 63.2 Å². The van der Waals surface area contributed by atoms with Crippen molar-refractivity contribution in [1.29, 1.82) is 0 Å². The summed E-state index contributed by atoms with van der Waals surface area (Å²) in [6, 6.07) is 16.7. The largest absolute Gasteiger partial charge is 0.357 e. The minimum atomic E-state index is -0.104. The number of carbonyl (C=O) groups excluding carboxylic acids is 1. The molecule has 0 aromatic heterocycles. The topological polar surface area (TPSA) is 32.7 Å². The van der Waals surface area contributed by atoms with Crippen molar-refractivity contribution >= 4 is 17.8 Å². The van der Waals surface area contributed by atoms with E-state index < -0.39 is 0 Å². The van der Waals surface area contributed by atoms with Crippen LogP contribution in [0.3, 0.4) is 0 Å². The van der Waals surface area contributed by atoms with Crippen LogP contribution in [0.4, 0.5) is 5.69 Å². The highest BCUT2D eigenvalue weighted by atomic mass is 16.1. The molecule has 2 aromatic rings. The Morgan fingerprint density at radius 1 is 1.04 bits per heavy atom. The second kappa shape index (κ2) is 5.99. The van der Waals surface area contributed by atoms with Gasteiger partial charge in [0.1, 0.15) is 0 Å². The second-order valence-electron chi connectivity index (χ2n) is 7.01. The third-order valence-electron chi connectivity index (χ3n) is 4.14. The molecule has 118 valence electrons. The van der Waals surface area contributed by atoms with Crippen molar-refractivity contribution in [1.82, 2.24) is 0 Å². The molecule has 1 amide bonds. The molecule has 0 saturated carbocycles. The van der Waals surface area contributed by atoms with Crippen LogP contribution in [0.5, 0.6) is 0 Å². The molecule has 23 heavy (non-hydrogen) atoms. The fourth-order valence-corrected chi connectivity index (χ4v) is 2.79. The molecule has 3 heteroatoms. The first kappa shape index (κ1) is 15.5. The lowest BCUT2D eigenvalue weighted by atomic mass is 9.87. The molecule has 1 aliphatic heterocycles. The molecule has 0 fully saturated rings. The highest BCUT2D eigenvalue weighted by Crippen LogP contribution is 2.25. The first-order valence-corrected chi connectivity index (χ1v) is 7.94. The van der Waals surface area contributed by atoms with E-state index in [-0.39, 0.29) is 11.3 Å². The first-order valence-electron chi connectivity index (χ1n) is 7.94. The Balaban J connectivity index is 1.86. The van der Waals surface area contributed by atoms with Gasteiger partial charge in [-0.3, -0.25) is 4.79 Å². The smallest absolute Gasteiger partial charge is 0.265 e. The van der Waals surface area contributed by atoms with Crippen molar-refractivity contribution in [3.8, 4) is 0 Å². The summed E-state index contributed by atoms with van der Waals surface area (Å²) in [4.78, 5) is 18.0. The minimum Gasteiger partial charge on any atom is -0.357 e. The van der Waals surface area contributed by atoms with Crippen molar-refractivity contribution in [2.75, 3.05) is 11.4 Å². The van der Waals surface area contributed by atoms with Gasteiger partial charge in [-0.25, -0.2) is 4.99 Å². The Morgan fingerprint density at radius 3 is 2.43 bits per heavy atom. The standard InChI is InChI=1S/C20H22N2O/c1-20(2,3)17-10-8-15(9-11-17)13-22-14-19(23)21-12-16-6-4-5-7-18(16)22/h4-12H,13-14H2,1-3H3. The van der Waals surface area contributed by atoms with Crippen molar-refractivity contribution in [3.63, 3.8) is 0 Å². The van der Waals surface area contributed by atoms with Gasteiger partial charge in [0.25, 0.3) is 5.91 Å². The van der Waals surface area contributed by atoms with Crippen molar-refractivity contribution < 1.29 is 4.79 Å². The number of fused-ring (bicyclic) bond motifs is 1. The molecule has 1 heterocycles. The lowest BCUT2D eigenvalue weighted by Gasteiger charge is -2.24. The number of para-hydroxylation sites is 1. The molecule has 0 radical (unpaired) electrons. The van der Waals surface area contributed by atoms with Crippen LogP contribution in [-0.2, 0) is 16.8 Å². The predicted octanol–water partition coefficient (Wildman–Crippen LogP) is 3.95. The molecule has 0 saturated heterocycles. The number of carbonyl (C=O) groups is 1. The Hall–Kier alpha value is -2.42. The van der Waals surface area contributed by atoms with E-state index >= 15 is 0 Å². The van der Waals surface area contributed by atoms with Gasteiger partial charge >= 0.3 is 0 Å². The second-order valence-corrected chi connectivity index (χ2v) is 7.01. The number of benzene rings is 2. The highest BCUT2D eigenvalue weighted by molar-refractivity contribution is 6.00. The SMILES string of the molecule is CC(C)(C)c1ccc(CN2CC(=O)N=Cc3ccccc32)cc1. The summed E-state index contributed by atoms with van der Waals surface area (Å²) >= 11 is 0. The molecule has 0 N–H and O–H groups in total. The summed E-state index contributed by atoms with van der Waals surface area (Å²) in [6.07, 6.45) is 1.67. The molecular formula is C20H22N2O. The maximum atomic E-state index is 11.9. The third kappa shape index (κ3) is 3.50. The van der Waals surface area contributed by atoms with E-state index in [4.69, 9.17) is 0 Å². The molecule has 0 unspecified atom stereocenters. The lowest BCUT2D eigenvalue weighted by Crippen LogP contribution is -2.28. The molecule has 3 nitrogen and oxygen atoms in total. The zero-order valence-electron chi connectivity index (χ0n) is 13.9. The average Bonchev–Trinajstić information content (AvgIpc) is 2.67. The van der Waals surface area contributed by atoms with Gasteiger partial charge in [0.15, 0.2) is 0 Å². The van der Waals surface area contributed by atoms with Crippen LogP contribution in [0.15, 0.2) is 53.5 Å². The molecule has 0 aliphatic carbocycles. The zero-order chi connectivity index (χ0) is 16.4. The highest BCUT2D eigenvalue weighted by Gasteiger charge is 2.18. The third-order valence-corrected chi connectivity index (χ3v) is 4.14. The van der Waals surface area contributed by atoms with Crippen LogP contribution >= 0.6 is 0 Å². The summed E-state index contributed by atoms with van der Waals surface area (Å²) < 4.78 is 0. The van der Waals surface area contributed by atoms with Crippen molar-refractivity contribution in [2.45, 2.75) is 32.7 Å². The quantitative estimate of drug-likeness (QED) is 0.841. The number of hydrogen-bond donors (Lipinski definition) is 0. The van der Waals surface area contributed by atoms with Crippen molar-refractivity contribution in [2.24, 2.45) is 4.99 Å². The fourth-order valence-electron chi connectivity index (χ4n) is 2.79. The lowest BCUT2D eigenvalue weighted by molar-refractivity contribution is -0.116. The predicted molar refractivity (Wildman–Crippen MR) is 95.2 cm³/mol. The summed E-state index contributed by atoms with van der Waals surface area (Å²) in [5.41, 5.74) is 4.71. The van der Waals surface area contributed by atoms with Crippen molar-refractivity contribution in [3.05, 3.63) is 65.2 Å². The summed E-state index contributed by atoms with van der Waals surface area (Å²) in [5, 5.41) is 0. The van der Waals surface area contributed by atoms with Gasteiger partial charge in [0, 0.05) is 24.0 Å². The van der Waals surface area contributed by atoms with Crippen LogP contribution in [0.25, 0.3) is 0 Å². The van der Waals surface area contributed by atoms with E-state index in [9.17, 15) is 4.79 Å². The Bertz CT molecular complexity index is 739. The van der Waals surface area contributed by atoms with E-state index in [1.54, 1.807) is 6.21 Å². The molecule has 0 spiro atoms. The molecular weight excluding hydrogens is 284 g/mol. The van der Waals surface area contributed by atoms with Gasteiger partial charge in [-0.05, 0) is 22.6 Å². The Labute approximate surface area is 137 Å². The zero-order valence-corrected chi connectivity index (χ0v) is 13.9. The van der Waals surface area contributed by atoms with Gasteiger partial charge in [-0.15, -0.1) is 0 Å². The van der Waals surface area contributed by atoms with Gasteiger partial charge in [0.2, 0.25) is 0 Å². The van der Waals surface area contributed by atoms with E-state index in [0.717, 1.165) is 11.3 Å². The van der Waals surface area contributed by atoms with E-state index in [1.165, 1.54) is 11.1 Å². The summed E-state index contributed by atoms with van der Waals surface area (Å²) in [5.74, 6) is -0.104. The van der Waals surface area contributed by atoms with E-state index in [2.05, 4.69) is 54.9 Å². The van der Waals surface area contributed by atoms with E-state index in [1.807, 2.05) is 24.3 Å². The Morgan fingerprint density at radius 2 is 1.74 bits per heavy atom. The molecule has 0 bridgehead atoms. The molecule has 0 atom stereocenters. The van der Waals surface area contributed by atoms with Gasteiger partial charge in [0.05, 0.1) is 6.54 Å². The van der Waals surface area contributed by atoms with Gasteiger partial charge < -0.3 is 4.90 Å². The first-order chi connectivity index (χ1) is 10.9. The monoisotopic (exact) mass is 306 g/mol. The number of aliphatic imine (C=N–C) groups is 1. The number of nitrogens with zero attached hydrogens (tertiary/aromatic N) is 2. The van der Waals surface area contributed by atoms with Gasteiger partial charge in [-0.2, -0.15) is 0 Å². The molecule has 2 aromatic carbocycles. The van der Waals surface area contributed by atoms with Crippen LogP contribution in [0, 0.1) is 0 Å². The molecule has 1 aliphatic rings. The summed E-state index contributed by atoms with van der Waals surface area (Å²) in [6.45, 7) is 7.65. The van der Waals surface area contributed by atoms with Crippen LogP contribution in [0.2, 0.25) is 0 Å². The number of anilines is 1. The number of rotatable bonds is 2. The maximum Gasteiger partial charge on any atom is 0.265 e. The summed E-state index contributed by atoms with van der Waals surface area (Å²) in [7, 11) is 0. The number of amides is 1. The Kier molecular flexibility index (Phi) is 4.03. The van der Waals surface area contributed by atoms with E-state index in [0.29, 0.717) is 13.1 Å². The number of benzodiazepines with no additional fused rings is 1. The van der Waals surface area contributed by atoms with Crippen LogP contribution in [0.1, 0.15) is 37.5 Å². The minimum absolute atomic E-state index is 0.104. The number of hydrogen-bond acceptors (Lipinski definition) is 2. The average molecular weight is 306 g/mol. The fraction of sp³-hybridized carbons (Fsp3) is 0.300.